The van der Waals surface area contributed by atoms with Crippen LogP contribution >= 0.6 is 0 Å². The summed E-state index contributed by atoms with van der Waals surface area (Å²) in [6.07, 6.45) is 0. The van der Waals surface area contributed by atoms with E-state index in [1.165, 1.54) is 10.7 Å². The Hall–Kier alpha value is -3.55. The van der Waals surface area contributed by atoms with Crippen molar-refractivity contribution in [3.63, 3.8) is 0 Å². The largest absolute Gasteiger partial charge is 0.326 e. The molecular weight excluding hydrogens is 347 g/mol. The number of aryl methyl sites for hydroxylation is 1. The molecule has 0 saturated carbocycles. The van der Waals surface area contributed by atoms with E-state index >= 15 is 0 Å². The first-order valence-corrected chi connectivity index (χ1v) is 8.43. The van der Waals surface area contributed by atoms with Crippen LogP contribution in [0.5, 0.6) is 0 Å². The molecule has 1 atom stereocenters. The van der Waals surface area contributed by atoms with Crippen LogP contribution in [0.1, 0.15) is 24.1 Å². The minimum atomic E-state index is -0.776. The number of nitrogens with zero attached hydrogens (tertiary/aromatic N) is 4. The normalized spacial score (nSPS) is 15.9. The lowest BCUT2D eigenvalue weighted by Gasteiger charge is -2.28. The van der Waals surface area contributed by atoms with Gasteiger partial charge >= 0.3 is 0 Å². The predicted molar refractivity (Wildman–Crippen MR) is 98.5 cm³/mol. The zero-order valence-electron chi connectivity index (χ0n) is 14.8. The van der Waals surface area contributed by atoms with E-state index < -0.39 is 11.9 Å². The molecule has 2 N–H and O–H groups in total. The quantitative estimate of drug-likeness (QED) is 0.746. The lowest BCUT2D eigenvalue weighted by molar-refractivity contribution is -0.113. The number of anilines is 2. The summed E-state index contributed by atoms with van der Waals surface area (Å²) in [5.74, 6) is -0.420. The van der Waals surface area contributed by atoms with E-state index in [4.69, 9.17) is 0 Å². The lowest BCUT2D eigenvalue weighted by atomic mass is 9.94. The maximum absolute atomic E-state index is 14.6. The molecule has 136 valence electrons. The summed E-state index contributed by atoms with van der Waals surface area (Å²) in [6.45, 7) is 3.66. The van der Waals surface area contributed by atoms with Crippen molar-refractivity contribution < 1.29 is 9.18 Å². The van der Waals surface area contributed by atoms with Crippen molar-refractivity contribution in [3.8, 4) is 0 Å². The number of carbonyl (C=O) groups is 1. The second-order valence-corrected chi connectivity index (χ2v) is 6.30. The van der Waals surface area contributed by atoms with E-state index in [2.05, 4.69) is 26.2 Å². The summed E-state index contributed by atoms with van der Waals surface area (Å²) in [7, 11) is 0. The van der Waals surface area contributed by atoms with E-state index in [0.29, 0.717) is 28.5 Å². The van der Waals surface area contributed by atoms with Gasteiger partial charge in [-0.15, -0.1) is 0 Å². The van der Waals surface area contributed by atoms with Crippen LogP contribution < -0.4 is 10.6 Å². The molecule has 1 aliphatic rings. The third-order valence-corrected chi connectivity index (χ3v) is 4.55. The van der Waals surface area contributed by atoms with Crippen LogP contribution in [0.4, 0.5) is 16.0 Å². The first-order chi connectivity index (χ1) is 13.1. The minimum Gasteiger partial charge on any atom is -0.326 e. The molecule has 0 aliphatic carbocycles. The van der Waals surface area contributed by atoms with Gasteiger partial charge < -0.3 is 10.6 Å². The molecule has 7 nitrogen and oxygen atoms in total. The molecule has 0 saturated heterocycles. The minimum absolute atomic E-state index is 0.321. The van der Waals surface area contributed by atoms with Crippen molar-refractivity contribution >= 4 is 17.5 Å². The maximum Gasteiger partial charge on any atom is 0.255 e. The van der Waals surface area contributed by atoms with Crippen LogP contribution in [0, 0.1) is 12.7 Å². The number of benzene rings is 2. The number of para-hydroxylation sites is 1. The second-order valence-electron chi connectivity index (χ2n) is 6.30. The van der Waals surface area contributed by atoms with Gasteiger partial charge in [-0.05, 0) is 42.0 Å². The first kappa shape index (κ1) is 16.9. The third-order valence-electron chi connectivity index (χ3n) is 4.55. The highest BCUT2D eigenvalue weighted by Gasteiger charge is 2.35. The highest BCUT2D eigenvalue weighted by atomic mass is 19.1. The molecule has 1 aromatic heterocycles. The Bertz CT molecular complexity index is 1060. The second kappa shape index (κ2) is 6.64. The predicted octanol–water partition coefficient (Wildman–Crippen LogP) is 3.05. The zero-order valence-corrected chi connectivity index (χ0v) is 14.8. The van der Waals surface area contributed by atoms with E-state index in [0.717, 1.165) is 5.56 Å². The molecule has 2 aromatic carbocycles. The summed E-state index contributed by atoms with van der Waals surface area (Å²) < 4.78 is 16.0. The number of rotatable bonds is 3. The van der Waals surface area contributed by atoms with E-state index in [1.807, 2.05) is 31.2 Å². The fraction of sp³-hybridized carbons (Fsp3) is 0.158. The summed E-state index contributed by atoms with van der Waals surface area (Å²) in [4.78, 5) is 13.1. The summed E-state index contributed by atoms with van der Waals surface area (Å²) in [6, 6.07) is 13.0. The van der Waals surface area contributed by atoms with Gasteiger partial charge in [0.1, 0.15) is 11.9 Å². The maximum atomic E-state index is 14.6. The van der Waals surface area contributed by atoms with Gasteiger partial charge in [-0.25, -0.2) is 4.39 Å². The highest BCUT2D eigenvalue weighted by molar-refractivity contribution is 6.06. The summed E-state index contributed by atoms with van der Waals surface area (Å²) in [5.41, 5.74) is 2.86. The van der Waals surface area contributed by atoms with Crippen molar-refractivity contribution in [1.82, 2.24) is 20.2 Å². The third kappa shape index (κ3) is 2.95. The molecule has 1 unspecified atom stereocenters. The van der Waals surface area contributed by atoms with Gasteiger partial charge in [-0.3, -0.25) is 4.79 Å². The van der Waals surface area contributed by atoms with Crippen molar-refractivity contribution in [2.24, 2.45) is 0 Å². The van der Waals surface area contributed by atoms with Gasteiger partial charge in [0.15, 0.2) is 0 Å². The molecule has 1 amide bonds. The zero-order chi connectivity index (χ0) is 19.0. The topological polar surface area (TPSA) is 84.7 Å². The van der Waals surface area contributed by atoms with Crippen LogP contribution in [0.25, 0.3) is 0 Å². The number of allylic oxidation sites excluding steroid dienone is 1. The Morgan fingerprint density at radius 3 is 2.67 bits per heavy atom. The number of aromatic nitrogens is 4. The number of carbonyl (C=O) groups excluding carboxylic acids is 1. The van der Waals surface area contributed by atoms with Gasteiger partial charge in [0.2, 0.25) is 5.95 Å². The molecule has 1 aliphatic heterocycles. The van der Waals surface area contributed by atoms with Crippen molar-refractivity contribution in [2.75, 3.05) is 10.6 Å². The molecular formula is C19H17FN6O. The van der Waals surface area contributed by atoms with Crippen LogP contribution in [-0.2, 0) is 4.79 Å². The SMILES string of the molecule is CC1=C(C(=O)Nc2ccccc2C)C(c2ccccc2F)n2nnnc2N1. The number of amides is 1. The molecule has 0 spiro atoms. The smallest absolute Gasteiger partial charge is 0.255 e. The van der Waals surface area contributed by atoms with Crippen molar-refractivity contribution in [2.45, 2.75) is 19.9 Å². The van der Waals surface area contributed by atoms with Crippen LogP contribution in [0.2, 0.25) is 0 Å². The Kier molecular flexibility index (Phi) is 4.15. The van der Waals surface area contributed by atoms with Crippen molar-refractivity contribution in [3.05, 3.63) is 76.7 Å². The molecule has 0 bridgehead atoms. The fourth-order valence-electron chi connectivity index (χ4n) is 3.19. The number of hydrogen-bond acceptors (Lipinski definition) is 5. The Morgan fingerprint density at radius 1 is 1.15 bits per heavy atom. The summed E-state index contributed by atoms with van der Waals surface area (Å²) in [5, 5.41) is 17.4. The number of tetrazole rings is 1. The highest BCUT2D eigenvalue weighted by Crippen LogP contribution is 2.36. The van der Waals surface area contributed by atoms with Gasteiger partial charge in [-0.1, -0.05) is 41.5 Å². The van der Waals surface area contributed by atoms with E-state index in [-0.39, 0.29) is 5.91 Å². The molecule has 0 fully saturated rings. The molecule has 3 aromatic rings. The van der Waals surface area contributed by atoms with E-state index in [9.17, 15) is 9.18 Å². The van der Waals surface area contributed by atoms with Crippen LogP contribution in [0.15, 0.2) is 59.8 Å². The van der Waals surface area contributed by atoms with Gasteiger partial charge in [0, 0.05) is 16.9 Å². The Balaban J connectivity index is 1.80. The molecule has 8 heteroatoms. The van der Waals surface area contributed by atoms with E-state index in [1.54, 1.807) is 25.1 Å². The molecule has 0 radical (unpaired) electrons. The number of halogens is 1. The molecule has 4 rings (SSSR count). The van der Waals surface area contributed by atoms with Gasteiger partial charge in [0.25, 0.3) is 5.91 Å². The Morgan fingerprint density at radius 2 is 1.89 bits per heavy atom. The standard InChI is InChI=1S/C19H17FN6O/c1-11-7-3-6-10-15(11)22-18(27)16-12(2)21-19-23-24-25-26(19)17(16)13-8-4-5-9-14(13)20/h3-10,17H,1-2H3,(H,22,27)(H,21,23,25). The average molecular weight is 364 g/mol. The summed E-state index contributed by atoms with van der Waals surface area (Å²) >= 11 is 0. The average Bonchev–Trinajstić information content (AvgIpc) is 3.11. The fourth-order valence-corrected chi connectivity index (χ4v) is 3.19. The van der Waals surface area contributed by atoms with Gasteiger partial charge in [-0.2, -0.15) is 4.68 Å². The molecule has 2 heterocycles. The number of hydrogen-bond donors (Lipinski definition) is 2. The Labute approximate surface area is 154 Å². The van der Waals surface area contributed by atoms with Crippen molar-refractivity contribution in [1.29, 1.82) is 0 Å². The first-order valence-electron chi connectivity index (χ1n) is 8.43. The number of nitrogens with one attached hydrogen (secondary N) is 2. The monoisotopic (exact) mass is 364 g/mol. The molecule has 27 heavy (non-hydrogen) atoms. The number of fused-ring (bicyclic) bond motifs is 1. The van der Waals surface area contributed by atoms with Gasteiger partial charge in [0.05, 0.1) is 5.57 Å². The lowest BCUT2D eigenvalue weighted by Crippen LogP contribution is -2.32. The van der Waals surface area contributed by atoms with Crippen LogP contribution in [-0.4, -0.2) is 26.1 Å². The van der Waals surface area contributed by atoms with Crippen LogP contribution in [0.3, 0.4) is 0 Å².